The molecule has 0 fully saturated rings. The molecule has 0 aromatic carbocycles. The minimum absolute atomic E-state index is 0.165. The number of hydrogen-bond acceptors (Lipinski definition) is 2. The maximum absolute atomic E-state index is 5.26. The van der Waals surface area contributed by atoms with Gasteiger partial charge in [-0.05, 0) is 26.0 Å². The summed E-state index contributed by atoms with van der Waals surface area (Å²) in [5.74, 6) is 1.25. The predicted octanol–water partition coefficient (Wildman–Crippen LogP) is 1.14. The van der Waals surface area contributed by atoms with Crippen LogP contribution in [0.25, 0.3) is 0 Å². The lowest BCUT2D eigenvalue weighted by Gasteiger charge is -2.18. The summed E-state index contributed by atoms with van der Waals surface area (Å²) in [5, 5.41) is 0. The minimum Gasteiger partial charge on any atom is -0.370 e. The van der Waals surface area contributed by atoms with Crippen molar-refractivity contribution in [3.63, 3.8) is 0 Å². The molecule has 4 heteroatoms. The van der Waals surface area contributed by atoms with Gasteiger partial charge >= 0.3 is 0 Å². The lowest BCUT2D eigenvalue weighted by Crippen LogP contribution is -2.28. The molecule has 0 amide bonds. The first-order valence-electron chi connectivity index (χ1n) is 3.72. The van der Waals surface area contributed by atoms with Gasteiger partial charge in [-0.1, -0.05) is 6.92 Å². The number of rotatable bonds is 4. The van der Waals surface area contributed by atoms with Crippen LogP contribution < -0.4 is 11.5 Å². The van der Waals surface area contributed by atoms with Gasteiger partial charge in [-0.3, -0.25) is 0 Å². The first-order valence-corrected chi connectivity index (χ1v) is 4.71. The summed E-state index contributed by atoms with van der Waals surface area (Å²) in [6, 6.07) is 0. The maximum atomic E-state index is 5.26. The molecule has 0 aromatic heterocycles. The van der Waals surface area contributed by atoms with Crippen molar-refractivity contribution in [3.05, 3.63) is 0 Å². The highest BCUT2D eigenvalue weighted by atomic mass is 32.2. The Balaban J connectivity index is 3.90. The normalized spacial score (nSPS) is 11.2. The van der Waals surface area contributed by atoms with E-state index in [-0.39, 0.29) is 10.8 Å². The molecule has 0 spiro atoms. The van der Waals surface area contributed by atoms with Crippen LogP contribution in [-0.4, -0.2) is 16.6 Å². The molecule has 66 valence electrons. The first-order chi connectivity index (χ1) is 4.98. The number of nitrogens with zero attached hydrogens (tertiary/aromatic N) is 1. The second kappa shape index (κ2) is 4.49. The number of guanidine groups is 1. The Morgan fingerprint density at radius 3 is 2.36 bits per heavy atom. The van der Waals surface area contributed by atoms with Gasteiger partial charge in [-0.25, -0.2) is 4.99 Å². The molecule has 0 saturated carbocycles. The van der Waals surface area contributed by atoms with Crippen molar-refractivity contribution in [2.45, 2.75) is 32.1 Å². The van der Waals surface area contributed by atoms with Crippen molar-refractivity contribution in [2.75, 3.05) is 5.75 Å². The van der Waals surface area contributed by atoms with Crippen molar-refractivity contribution >= 4 is 17.7 Å². The Hall–Kier alpha value is -0.380. The molecule has 0 bridgehead atoms. The number of hydrogen-bond donors (Lipinski definition) is 2. The van der Waals surface area contributed by atoms with Gasteiger partial charge in [0.2, 0.25) is 0 Å². The summed E-state index contributed by atoms with van der Waals surface area (Å²) < 4.78 is 0. The SMILES string of the molecule is CCCSC(C)(C)N=C(N)N. The highest BCUT2D eigenvalue weighted by molar-refractivity contribution is 8.00. The van der Waals surface area contributed by atoms with Crippen molar-refractivity contribution in [2.24, 2.45) is 16.5 Å². The summed E-state index contributed by atoms with van der Waals surface area (Å²) in [7, 11) is 0. The Morgan fingerprint density at radius 2 is 2.00 bits per heavy atom. The smallest absolute Gasteiger partial charge is 0.187 e. The summed E-state index contributed by atoms with van der Waals surface area (Å²) >= 11 is 1.76. The summed E-state index contributed by atoms with van der Waals surface area (Å²) in [5.41, 5.74) is 10.5. The van der Waals surface area contributed by atoms with Gasteiger partial charge < -0.3 is 11.5 Å². The zero-order valence-corrected chi connectivity index (χ0v) is 8.24. The highest BCUT2D eigenvalue weighted by Gasteiger charge is 2.15. The molecule has 0 aromatic rings. The van der Waals surface area contributed by atoms with E-state index in [2.05, 4.69) is 11.9 Å². The molecule has 0 saturated heterocycles. The topological polar surface area (TPSA) is 64.4 Å². The van der Waals surface area contributed by atoms with Gasteiger partial charge in [0, 0.05) is 0 Å². The lowest BCUT2D eigenvalue weighted by atomic mass is 10.4. The Kier molecular flexibility index (Phi) is 4.33. The van der Waals surface area contributed by atoms with E-state index < -0.39 is 0 Å². The van der Waals surface area contributed by atoms with E-state index in [0.29, 0.717) is 0 Å². The van der Waals surface area contributed by atoms with E-state index in [1.165, 1.54) is 0 Å². The van der Waals surface area contributed by atoms with Crippen LogP contribution in [0, 0.1) is 0 Å². The molecule has 4 N–H and O–H groups in total. The van der Waals surface area contributed by atoms with Crippen LogP contribution in [0.2, 0.25) is 0 Å². The Bertz CT molecular complexity index is 139. The van der Waals surface area contributed by atoms with Crippen LogP contribution in [-0.2, 0) is 0 Å². The van der Waals surface area contributed by atoms with Gasteiger partial charge in [-0.2, -0.15) is 0 Å². The molecular weight excluding hydrogens is 158 g/mol. The van der Waals surface area contributed by atoms with E-state index in [1.54, 1.807) is 11.8 Å². The van der Waals surface area contributed by atoms with E-state index in [1.807, 2.05) is 13.8 Å². The number of nitrogens with two attached hydrogens (primary N) is 2. The first kappa shape index (κ1) is 10.6. The Morgan fingerprint density at radius 1 is 1.45 bits per heavy atom. The van der Waals surface area contributed by atoms with Crippen LogP contribution in [0.15, 0.2) is 4.99 Å². The average molecular weight is 175 g/mol. The largest absolute Gasteiger partial charge is 0.370 e. The van der Waals surface area contributed by atoms with Crippen LogP contribution in [0.4, 0.5) is 0 Å². The standard InChI is InChI=1S/C7H17N3S/c1-4-5-11-7(2,3)10-6(8)9/h4-5H2,1-3H3,(H4,8,9,10). The van der Waals surface area contributed by atoms with E-state index in [9.17, 15) is 0 Å². The molecule has 0 radical (unpaired) electrons. The monoisotopic (exact) mass is 175 g/mol. The van der Waals surface area contributed by atoms with Crippen LogP contribution in [0.1, 0.15) is 27.2 Å². The van der Waals surface area contributed by atoms with Crippen molar-refractivity contribution in [3.8, 4) is 0 Å². The fourth-order valence-electron chi connectivity index (χ4n) is 0.695. The van der Waals surface area contributed by atoms with E-state index in [4.69, 9.17) is 11.5 Å². The van der Waals surface area contributed by atoms with Gasteiger partial charge in [-0.15, -0.1) is 11.8 Å². The van der Waals surface area contributed by atoms with Crippen LogP contribution >= 0.6 is 11.8 Å². The third-order valence-electron chi connectivity index (χ3n) is 1.06. The molecule has 0 atom stereocenters. The Labute approximate surface area is 72.6 Å². The van der Waals surface area contributed by atoms with Gasteiger partial charge in [0.1, 0.15) is 4.87 Å². The molecular formula is C7H17N3S. The molecule has 3 nitrogen and oxygen atoms in total. The summed E-state index contributed by atoms with van der Waals surface area (Å²) in [4.78, 5) is 3.91. The second-order valence-corrected chi connectivity index (χ2v) is 4.53. The minimum atomic E-state index is -0.172. The van der Waals surface area contributed by atoms with Crippen molar-refractivity contribution in [1.29, 1.82) is 0 Å². The molecule has 0 heterocycles. The fourth-order valence-corrected chi connectivity index (χ4v) is 1.57. The molecule has 0 unspecified atom stereocenters. The van der Waals surface area contributed by atoms with Gasteiger partial charge in [0.25, 0.3) is 0 Å². The molecule has 0 aliphatic carbocycles. The van der Waals surface area contributed by atoms with Crippen molar-refractivity contribution < 1.29 is 0 Å². The highest BCUT2D eigenvalue weighted by Crippen LogP contribution is 2.25. The van der Waals surface area contributed by atoms with E-state index >= 15 is 0 Å². The van der Waals surface area contributed by atoms with Crippen molar-refractivity contribution in [1.82, 2.24) is 0 Å². The van der Waals surface area contributed by atoms with Gasteiger partial charge in [0.15, 0.2) is 5.96 Å². The maximum Gasteiger partial charge on any atom is 0.187 e. The molecule has 0 aliphatic rings. The summed E-state index contributed by atoms with van der Waals surface area (Å²) in [6.45, 7) is 6.15. The number of aliphatic imine (C=N–C) groups is 1. The van der Waals surface area contributed by atoms with Gasteiger partial charge in [0.05, 0.1) is 0 Å². The predicted molar refractivity (Wildman–Crippen MR) is 52.6 cm³/mol. The van der Waals surface area contributed by atoms with Crippen LogP contribution in [0.3, 0.4) is 0 Å². The molecule has 11 heavy (non-hydrogen) atoms. The average Bonchev–Trinajstić information content (AvgIpc) is 1.81. The van der Waals surface area contributed by atoms with E-state index in [0.717, 1.165) is 12.2 Å². The number of thioether (sulfide) groups is 1. The summed E-state index contributed by atoms with van der Waals surface area (Å²) in [6.07, 6.45) is 1.15. The quantitative estimate of drug-likeness (QED) is 0.497. The lowest BCUT2D eigenvalue weighted by molar-refractivity contribution is 0.756. The third kappa shape index (κ3) is 6.04. The fraction of sp³-hybridized carbons (Fsp3) is 0.857. The zero-order valence-electron chi connectivity index (χ0n) is 7.42. The van der Waals surface area contributed by atoms with Crippen LogP contribution in [0.5, 0.6) is 0 Å². The third-order valence-corrected chi connectivity index (χ3v) is 2.47. The molecule has 0 aliphatic heterocycles. The molecule has 0 rings (SSSR count). The zero-order chi connectivity index (χ0) is 8.91. The second-order valence-electron chi connectivity index (χ2n) is 2.83.